The average Bonchev–Trinajstić information content (AvgIpc) is 3.67. The number of benzene rings is 2. The van der Waals surface area contributed by atoms with Crippen molar-refractivity contribution in [2.24, 2.45) is 7.05 Å². The Morgan fingerprint density at radius 3 is 2.33 bits per heavy atom. The zero-order valence-electron chi connectivity index (χ0n) is 27.7. The van der Waals surface area contributed by atoms with Gasteiger partial charge in [-0.15, -0.1) is 0 Å². The number of rotatable bonds is 4. The molecule has 2 aliphatic heterocycles. The van der Waals surface area contributed by atoms with Crippen LogP contribution in [0, 0.1) is 17.1 Å². The normalized spacial score (nSPS) is 18.2. The number of carboxylic acid groups (broad SMARTS) is 1. The second-order valence-corrected chi connectivity index (χ2v) is 13.7. The number of carbonyl (C=O) groups excluding carboxylic acids is 1. The van der Waals surface area contributed by atoms with Gasteiger partial charge in [0.05, 0.1) is 34.5 Å². The SMILES string of the molecule is CC(C)(C)N(C(=O)O)[C@@H]1CCN(c2cccc(C#N)c2F)C1.Cn1nc(N)c2cccc(N3CC[C@@H](NC(=O)OC(C)(C)C)C3)c21. The number of nitrogens with one attached hydrogen (secondary N) is 1. The van der Waals surface area contributed by atoms with E-state index >= 15 is 0 Å². The number of anilines is 3. The largest absolute Gasteiger partial charge is 0.465 e. The maximum Gasteiger partial charge on any atom is 0.408 e. The standard InChI is InChI=1S/C17H25N5O2.C16H20FN3O2/c1-17(2,3)24-16(23)19-11-8-9-22(10-11)13-7-5-6-12-14(13)21(4)20-15(12)18;1-16(2,3)20(15(21)22)12-7-8-19(10-12)13-6-4-5-11(9-18)14(13)17/h5-7,11H,8-10H2,1-4H3,(H2,18,20)(H,19,23);4-6,12H,7-8,10H2,1-3H3,(H,21,22)/t11-;12-/m11/s1. The van der Waals surface area contributed by atoms with E-state index in [2.05, 4.69) is 21.4 Å². The Bertz CT molecular complexity index is 1620. The fourth-order valence-corrected chi connectivity index (χ4v) is 6.18. The highest BCUT2D eigenvalue weighted by atomic mass is 19.1. The molecule has 3 heterocycles. The smallest absolute Gasteiger partial charge is 0.408 e. The van der Waals surface area contributed by atoms with Crippen LogP contribution in [0.4, 0.5) is 31.2 Å². The summed E-state index contributed by atoms with van der Waals surface area (Å²) in [6.45, 7) is 13.7. The number of nitrogen functional groups attached to an aromatic ring is 1. The van der Waals surface area contributed by atoms with E-state index in [1.807, 2.05) is 76.4 Å². The molecule has 0 saturated carbocycles. The highest BCUT2D eigenvalue weighted by Gasteiger charge is 2.38. The van der Waals surface area contributed by atoms with Gasteiger partial charge in [0.2, 0.25) is 0 Å². The number of ether oxygens (including phenoxy) is 1. The summed E-state index contributed by atoms with van der Waals surface area (Å²) in [4.78, 5) is 29.0. The van der Waals surface area contributed by atoms with Gasteiger partial charge in [-0.3, -0.25) is 9.58 Å². The minimum Gasteiger partial charge on any atom is -0.465 e. The van der Waals surface area contributed by atoms with E-state index < -0.39 is 23.1 Å². The number of alkyl carbamates (subject to hydrolysis) is 1. The van der Waals surface area contributed by atoms with Crippen LogP contribution in [0.15, 0.2) is 36.4 Å². The molecule has 0 radical (unpaired) electrons. The fourth-order valence-electron chi connectivity index (χ4n) is 6.18. The molecule has 1 aromatic heterocycles. The molecule has 13 heteroatoms. The third-order valence-electron chi connectivity index (χ3n) is 8.02. The second-order valence-electron chi connectivity index (χ2n) is 13.7. The first-order valence-electron chi connectivity index (χ1n) is 15.4. The summed E-state index contributed by atoms with van der Waals surface area (Å²) in [7, 11) is 1.90. The highest BCUT2D eigenvalue weighted by Crippen LogP contribution is 2.32. The molecule has 2 amide bonds. The van der Waals surface area contributed by atoms with Crippen molar-refractivity contribution in [1.29, 1.82) is 5.26 Å². The number of carbonyl (C=O) groups is 2. The Morgan fingerprint density at radius 1 is 1.07 bits per heavy atom. The van der Waals surface area contributed by atoms with E-state index in [4.69, 9.17) is 15.7 Å². The molecule has 248 valence electrons. The molecule has 46 heavy (non-hydrogen) atoms. The fraction of sp³-hybridized carbons (Fsp3) is 0.515. The third kappa shape index (κ3) is 7.73. The zero-order valence-corrected chi connectivity index (χ0v) is 27.7. The molecule has 4 N–H and O–H groups in total. The number of nitrogens with zero attached hydrogens (tertiary/aromatic N) is 6. The maximum atomic E-state index is 14.3. The predicted octanol–water partition coefficient (Wildman–Crippen LogP) is 5.31. The summed E-state index contributed by atoms with van der Waals surface area (Å²) in [5.74, 6) is 0.000241. The van der Waals surface area contributed by atoms with Crippen LogP contribution in [-0.2, 0) is 11.8 Å². The van der Waals surface area contributed by atoms with Crippen molar-refractivity contribution >= 4 is 40.3 Å². The van der Waals surface area contributed by atoms with Gasteiger partial charge < -0.3 is 30.7 Å². The van der Waals surface area contributed by atoms with Crippen LogP contribution >= 0.6 is 0 Å². The molecule has 0 bridgehead atoms. The lowest BCUT2D eigenvalue weighted by molar-refractivity contribution is 0.0508. The van der Waals surface area contributed by atoms with Crippen LogP contribution in [0.25, 0.3) is 10.9 Å². The Balaban J connectivity index is 0.000000210. The van der Waals surface area contributed by atoms with Gasteiger partial charge in [0.1, 0.15) is 11.7 Å². The van der Waals surface area contributed by atoms with E-state index in [9.17, 15) is 19.1 Å². The third-order valence-corrected chi connectivity index (χ3v) is 8.02. The van der Waals surface area contributed by atoms with Crippen LogP contribution in [-0.4, -0.2) is 81.4 Å². The first-order valence-corrected chi connectivity index (χ1v) is 15.4. The number of hydrogen-bond acceptors (Lipinski definition) is 8. The van der Waals surface area contributed by atoms with Crippen molar-refractivity contribution in [1.82, 2.24) is 20.0 Å². The summed E-state index contributed by atoms with van der Waals surface area (Å²) in [6.07, 6.45) is 0.186. The van der Waals surface area contributed by atoms with E-state index in [0.717, 1.165) is 36.1 Å². The summed E-state index contributed by atoms with van der Waals surface area (Å²) < 4.78 is 21.4. The molecule has 3 aromatic rings. The summed E-state index contributed by atoms with van der Waals surface area (Å²) >= 11 is 0. The zero-order chi connectivity index (χ0) is 34.0. The average molecular weight is 637 g/mol. The van der Waals surface area contributed by atoms with Crippen molar-refractivity contribution in [2.45, 2.75) is 77.6 Å². The van der Waals surface area contributed by atoms with E-state index in [-0.39, 0.29) is 23.7 Å². The molecular weight excluding hydrogens is 591 g/mol. The molecule has 5 rings (SSSR count). The summed E-state index contributed by atoms with van der Waals surface area (Å²) in [6, 6.07) is 12.4. The van der Waals surface area contributed by atoms with Gasteiger partial charge in [0.25, 0.3) is 0 Å². The Morgan fingerprint density at radius 2 is 1.70 bits per heavy atom. The molecule has 0 unspecified atom stereocenters. The van der Waals surface area contributed by atoms with Crippen molar-refractivity contribution < 1.29 is 23.8 Å². The molecule has 2 aromatic carbocycles. The Labute approximate surface area is 269 Å². The quantitative estimate of drug-likeness (QED) is 0.346. The van der Waals surface area contributed by atoms with Crippen LogP contribution in [0.2, 0.25) is 0 Å². The minimum atomic E-state index is -0.967. The van der Waals surface area contributed by atoms with Gasteiger partial charge in [0.15, 0.2) is 11.6 Å². The van der Waals surface area contributed by atoms with E-state index in [0.29, 0.717) is 31.0 Å². The summed E-state index contributed by atoms with van der Waals surface area (Å²) in [5.41, 5.74) is 7.45. The number of para-hydroxylation sites is 1. The highest BCUT2D eigenvalue weighted by molar-refractivity contribution is 5.98. The van der Waals surface area contributed by atoms with Crippen molar-refractivity contribution in [2.75, 3.05) is 41.7 Å². The number of amides is 2. The molecule has 2 fully saturated rings. The number of fused-ring (bicyclic) bond motifs is 1. The minimum absolute atomic E-state index is 0.00635. The van der Waals surface area contributed by atoms with Gasteiger partial charge in [-0.25, -0.2) is 14.0 Å². The number of nitriles is 1. The Kier molecular flexibility index (Phi) is 9.89. The molecular formula is C33H45FN8O4. The maximum absolute atomic E-state index is 14.3. The van der Waals surface area contributed by atoms with Crippen LogP contribution in [0.5, 0.6) is 0 Å². The van der Waals surface area contributed by atoms with Crippen molar-refractivity contribution in [3.8, 4) is 6.07 Å². The predicted molar refractivity (Wildman–Crippen MR) is 176 cm³/mol. The van der Waals surface area contributed by atoms with Gasteiger partial charge >= 0.3 is 12.2 Å². The van der Waals surface area contributed by atoms with Crippen molar-refractivity contribution in [3.05, 3.63) is 47.8 Å². The van der Waals surface area contributed by atoms with Crippen LogP contribution in [0.1, 0.15) is 59.9 Å². The summed E-state index contributed by atoms with van der Waals surface area (Å²) in [5, 5.41) is 26.6. The monoisotopic (exact) mass is 636 g/mol. The lowest BCUT2D eigenvalue weighted by Gasteiger charge is -2.38. The van der Waals surface area contributed by atoms with Gasteiger partial charge in [0, 0.05) is 44.2 Å². The van der Waals surface area contributed by atoms with Gasteiger partial charge in [-0.1, -0.05) is 12.1 Å². The molecule has 0 aliphatic carbocycles. The van der Waals surface area contributed by atoms with Crippen molar-refractivity contribution in [3.63, 3.8) is 0 Å². The molecule has 0 spiro atoms. The lowest BCUT2D eigenvalue weighted by atomic mass is 10.0. The van der Waals surface area contributed by atoms with Gasteiger partial charge in [-0.05, 0) is 78.6 Å². The topological polar surface area (TPSA) is 153 Å². The van der Waals surface area contributed by atoms with Crippen LogP contribution in [0.3, 0.4) is 0 Å². The van der Waals surface area contributed by atoms with E-state index in [1.165, 1.54) is 11.0 Å². The number of aromatic nitrogens is 2. The number of aryl methyl sites for hydroxylation is 1. The first kappa shape index (κ1) is 34.1. The van der Waals surface area contributed by atoms with E-state index in [1.54, 1.807) is 12.1 Å². The number of halogens is 1. The molecule has 2 atom stereocenters. The van der Waals surface area contributed by atoms with Crippen LogP contribution < -0.4 is 20.9 Å². The number of nitrogens with two attached hydrogens (primary N) is 1. The molecule has 2 saturated heterocycles. The lowest BCUT2D eigenvalue weighted by Crippen LogP contribution is -2.52. The van der Waals surface area contributed by atoms with Gasteiger partial charge in [-0.2, -0.15) is 10.4 Å². The Hall–Kier alpha value is -4.73. The second kappa shape index (κ2) is 13.3. The molecule has 2 aliphatic rings. The number of hydrogen-bond donors (Lipinski definition) is 3. The first-order chi connectivity index (χ1) is 21.5. The molecule has 12 nitrogen and oxygen atoms in total.